The minimum Gasteiger partial charge on any atom is -0.487 e. The van der Waals surface area contributed by atoms with Crippen molar-refractivity contribution >= 4 is 5.97 Å². The molecule has 2 rings (SSSR count). The van der Waals surface area contributed by atoms with Crippen molar-refractivity contribution < 1.29 is 18.8 Å². The van der Waals surface area contributed by atoms with Gasteiger partial charge in [0.25, 0.3) is 0 Å². The second-order valence-corrected chi connectivity index (χ2v) is 9.83. The second kappa shape index (κ2) is 14.7. The monoisotopic (exact) mass is 454 g/mol. The maximum atomic E-state index is 12.2. The third-order valence-corrected chi connectivity index (χ3v) is 5.93. The van der Waals surface area contributed by atoms with Crippen LogP contribution in [-0.4, -0.2) is 43.8 Å². The maximum Gasteiger partial charge on any atom is 0.311 e. The van der Waals surface area contributed by atoms with Gasteiger partial charge in [0.15, 0.2) is 0 Å². The van der Waals surface area contributed by atoms with E-state index in [9.17, 15) is 4.79 Å². The van der Waals surface area contributed by atoms with Crippen LogP contribution in [0.4, 0.5) is 0 Å². The molecule has 0 aliphatic rings. The fraction of sp³-hybridized carbons (Fsp3) is 0.552. The van der Waals surface area contributed by atoms with Gasteiger partial charge in [-0.25, -0.2) is 0 Å². The number of unbranched alkanes of at least 4 members (excludes halogenated alkanes) is 5. The first-order valence-electron chi connectivity index (χ1n) is 12.6. The molecule has 0 aliphatic carbocycles. The van der Waals surface area contributed by atoms with Crippen LogP contribution < -0.4 is 4.74 Å². The highest BCUT2D eigenvalue weighted by Crippen LogP contribution is 2.17. The van der Waals surface area contributed by atoms with E-state index in [4.69, 9.17) is 9.47 Å². The van der Waals surface area contributed by atoms with Crippen molar-refractivity contribution in [3.63, 3.8) is 0 Å². The average molecular weight is 455 g/mol. The van der Waals surface area contributed by atoms with E-state index in [1.54, 1.807) is 0 Å². The molecule has 0 amide bonds. The second-order valence-electron chi connectivity index (χ2n) is 9.83. The van der Waals surface area contributed by atoms with Crippen LogP contribution in [0.3, 0.4) is 0 Å². The molecule has 0 aliphatic heterocycles. The average Bonchev–Trinajstić information content (AvgIpc) is 2.80. The Labute approximate surface area is 201 Å². The van der Waals surface area contributed by atoms with Crippen LogP contribution in [0.15, 0.2) is 54.6 Å². The van der Waals surface area contributed by atoms with E-state index in [1.807, 2.05) is 37.3 Å². The molecule has 4 nitrogen and oxygen atoms in total. The molecule has 0 fully saturated rings. The molecule has 0 N–H and O–H groups in total. The van der Waals surface area contributed by atoms with Crippen molar-refractivity contribution in [2.24, 2.45) is 0 Å². The zero-order valence-corrected chi connectivity index (χ0v) is 21.2. The Balaban J connectivity index is 1.62. The fourth-order valence-electron chi connectivity index (χ4n) is 3.94. The number of ether oxygens (including phenoxy) is 2. The first-order valence-corrected chi connectivity index (χ1v) is 12.6. The van der Waals surface area contributed by atoms with E-state index >= 15 is 0 Å². The number of nitrogens with zero attached hydrogens (tertiary/aromatic N) is 1. The number of esters is 1. The van der Waals surface area contributed by atoms with Crippen LogP contribution in [0.2, 0.25) is 0 Å². The highest BCUT2D eigenvalue weighted by atomic mass is 16.6. The lowest BCUT2D eigenvalue weighted by Gasteiger charge is -2.29. The Bertz CT molecular complexity index is 786. The lowest BCUT2D eigenvalue weighted by molar-refractivity contribution is -0.903. The molecule has 0 spiro atoms. The number of carbonyl (C=O) groups is 1. The molecular formula is C29H44NO3+. The van der Waals surface area contributed by atoms with Gasteiger partial charge in [-0.1, -0.05) is 81.5 Å². The molecule has 0 heterocycles. The van der Waals surface area contributed by atoms with Gasteiger partial charge < -0.3 is 14.0 Å². The van der Waals surface area contributed by atoms with Gasteiger partial charge in [0.1, 0.15) is 25.0 Å². The van der Waals surface area contributed by atoms with Crippen molar-refractivity contribution in [1.82, 2.24) is 0 Å². The van der Waals surface area contributed by atoms with Crippen molar-refractivity contribution in [2.45, 2.75) is 77.9 Å². The standard InChI is InChI=1S/C29H44NO3/c1-5-6-7-8-9-11-14-26-17-19-28(20-18-26)33-25(2)24-32-29(31)21-22-30(3,4)23-27-15-12-10-13-16-27/h10,12-13,15-20,25H,5-9,11,14,21-24H2,1-4H3/q+1. The normalized spacial score (nSPS) is 12.4. The fourth-order valence-corrected chi connectivity index (χ4v) is 3.94. The van der Waals surface area contributed by atoms with E-state index in [1.165, 1.54) is 49.7 Å². The van der Waals surface area contributed by atoms with Gasteiger partial charge >= 0.3 is 5.97 Å². The lowest BCUT2D eigenvalue weighted by Crippen LogP contribution is -2.40. The van der Waals surface area contributed by atoms with Crippen molar-refractivity contribution in [2.75, 3.05) is 27.2 Å². The third kappa shape index (κ3) is 11.9. The third-order valence-electron chi connectivity index (χ3n) is 5.93. The molecule has 1 atom stereocenters. The van der Waals surface area contributed by atoms with Gasteiger partial charge in [-0.3, -0.25) is 4.79 Å². The van der Waals surface area contributed by atoms with Crippen molar-refractivity contribution in [3.05, 3.63) is 65.7 Å². The van der Waals surface area contributed by atoms with Crippen LogP contribution in [0.5, 0.6) is 5.75 Å². The molecule has 0 bridgehead atoms. The lowest BCUT2D eigenvalue weighted by atomic mass is 10.0. The van der Waals surface area contributed by atoms with Crippen LogP contribution in [-0.2, 0) is 22.5 Å². The summed E-state index contributed by atoms with van der Waals surface area (Å²) in [5, 5.41) is 0. The van der Waals surface area contributed by atoms with E-state index in [2.05, 4.69) is 45.3 Å². The summed E-state index contributed by atoms with van der Waals surface area (Å²) in [7, 11) is 4.28. The number of quaternary nitrogens is 1. The van der Waals surface area contributed by atoms with Gasteiger partial charge in [-0.05, 0) is 37.5 Å². The van der Waals surface area contributed by atoms with Gasteiger partial charge in [0, 0.05) is 5.56 Å². The van der Waals surface area contributed by atoms with Gasteiger partial charge in [-0.15, -0.1) is 0 Å². The highest BCUT2D eigenvalue weighted by Gasteiger charge is 2.19. The Morgan fingerprint density at radius 2 is 1.55 bits per heavy atom. The van der Waals surface area contributed by atoms with Gasteiger partial charge in [0.2, 0.25) is 0 Å². The summed E-state index contributed by atoms with van der Waals surface area (Å²) < 4.78 is 12.1. The largest absolute Gasteiger partial charge is 0.487 e. The number of rotatable bonds is 16. The van der Waals surface area contributed by atoms with Crippen molar-refractivity contribution in [1.29, 1.82) is 0 Å². The zero-order valence-electron chi connectivity index (χ0n) is 21.2. The van der Waals surface area contributed by atoms with Crippen LogP contribution in [0.1, 0.15) is 69.9 Å². The Morgan fingerprint density at radius 3 is 2.24 bits per heavy atom. The molecular weight excluding hydrogens is 410 g/mol. The number of hydrogen-bond acceptors (Lipinski definition) is 3. The SMILES string of the molecule is CCCCCCCCc1ccc(OC(C)COC(=O)CC[N+](C)(C)Cc2ccccc2)cc1. The van der Waals surface area contributed by atoms with E-state index < -0.39 is 0 Å². The predicted molar refractivity (Wildman–Crippen MR) is 136 cm³/mol. The number of hydrogen-bond donors (Lipinski definition) is 0. The van der Waals surface area contributed by atoms with E-state index in [0.717, 1.165) is 29.7 Å². The minimum atomic E-state index is -0.176. The molecule has 33 heavy (non-hydrogen) atoms. The zero-order chi connectivity index (χ0) is 23.9. The molecule has 0 saturated heterocycles. The first-order chi connectivity index (χ1) is 15.9. The van der Waals surface area contributed by atoms with Crippen LogP contribution >= 0.6 is 0 Å². The smallest absolute Gasteiger partial charge is 0.311 e. The van der Waals surface area contributed by atoms with Crippen LogP contribution in [0.25, 0.3) is 0 Å². The summed E-state index contributed by atoms with van der Waals surface area (Å²) >= 11 is 0. The Kier molecular flexibility index (Phi) is 12.0. The summed E-state index contributed by atoms with van der Waals surface area (Å²) in [6.45, 7) is 6.09. The van der Waals surface area contributed by atoms with Gasteiger partial charge in [0.05, 0.1) is 27.1 Å². The molecule has 1 unspecified atom stereocenters. The number of benzene rings is 2. The molecule has 182 valence electrons. The van der Waals surface area contributed by atoms with E-state index in [-0.39, 0.29) is 18.7 Å². The maximum absolute atomic E-state index is 12.2. The molecule has 0 radical (unpaired) electrons. The molecule has 2 aromatic rings. The number of aryl methyl sites for hydroxylation is 1. The highest BCUT2D eigenvalue weighted by molar-refractivity contribution is 5.69. The summed E-state index contributed by atoms with van der Waals surface area (Å²) in [6.07, 6.45) is 9.25. The Hall–Kier alpha value is -2.33. The summed E-state index contributed by atoms with van der Waals surface area (Å²) in [5.74, 6) is 0.657. The summed E-state index contributed by atoms with van der Waals surface area (Å²) in [4.78, 5) is 12.2. The molecule has 0 aromatic heterocycles. The quantitative estimate of drug-likeness (QED) is 0.163. The topological polar surface area (TPSA) is 35.5 Å². The van der Waals surface area contributed by atoms with E-state index in [0.29, 0.717) is 6.42 Å². The number of carbonyl (C=O) groups excluding carboxylic acids is 1. The molecule has 0 saturated carbocycles. The molecule has 4 heteroatoms. The van der Waals surface area contributed by atoms with Crippen molar-refractivity contribution in [3.8, 4) is 5.75 Å². The first kappa shape index (κ1) is 26.9. The molecule has 2 aromatic carbocycles. The Morgan fingerprint density at radius 1 is 0.879 bits per heavy atom. The van der Waals surface area contributed by atoms with Gasteiger partial charge in [-0.2, -0.15) is 0 Å². The van der Waals surface area contributed by atoms with Crippen LogP contribution in [0, 0.1) is 0 Å². The summed E-state index contributed by atoms with van der Waals surface area (Å²) in [5.41, 5.74) is 2.63. The predicted octanol–water partition coefficient (Wildman–Crippen LogP) is 6.57. The summed E-state index contributed by atoms with van der Waals surface area (Å²) in [6, 6.07) is 18.7. The minimum absolute atomic E-state index is 0.168.